The van der Waals surface area contributed by atoms with Crippen molar-refractivity contribution in [2.75, 3.05) is 6.54 Å². The van der Waals surface area contributed by atoms with Gasteiger partial charge < -0.3 is 10.0 Å². The van der Waals surface area contributed by atoms with E-state index >= 15 is 0 Å². The second-order valence-corrected chi connectivity index (χ2v) is 5.21. The number of carboxylic acids is 1. The van der Waals surface area contributed by atoms with Crippen LogP contribution < -0.4 is 0 Å². The van der Waals surface area contributed by atoms with Crippen molar-refractivity contribution in [3.63, 3.8) is 0 Å². The maximum Gasteiger partial charge on any atom is 0.305 e. The first-order valence-corrected chi connectivity index (χ1v) is 6.59. The number of hydrogen-bond donors (Lipinski definition) is 1. The standard InChI is InChI=1S/C15H19NO3/c1-10-5-6-11(2)13(8-10)15(19)16-7-3-4-12(16)9-14(17)18/h5-6,8,12H,3-4,7,9H2,1-2H3,(H,17,18). The molecule has 19 heavy (non-hydrogen) atoms. The van der Waals surface area contributed by atoms with Crippen molar-refractivity contribution in [2.24, 2.45) is 0 Å². The lowest BCUT2D eigenvalue weighted by atomic mass is 10.0. The number of carbonyl (C=O) groups excluding carboxylic acids is 1. The molecule has 0 aromatic heterocycles. The van der Waals surface area contributed by atoms with Gasteiger partial charge in [-0.25, -0.2) is 0 Å². The minimum atomic E-state index is -0.842. The van der Waals surface area contributed by atoms with Crippen molar-refractivity contribution in [3.8, 4) is 0 Å². The molecule has 1 atom stereocenters. The SMILES string of the molecule is Cc1ccc(C)c(C(=O)N2CCCC2CC(=O)O)c1. The molecule has 4 nitrogen and oxygen atoms in total. The number of likely N-dealkylation sites (tertiary alicyclic amines) is 1. The van der Waals surface area contributed by atoms with Crippen LogP contribution in [0, 0.1) is 13.8 Å². The Bertz CT molecular complexity index is 510. The number of carboxylic acid groups (broad SMARTS) is 1. The highest BCUT2D eigenvalue weighted by Gasteiger charge is 2.31. The second kappa shape index (κ2) is 5.43. The minimum Gasteiger partial charge on any atom is -0.481 e. The third kappa shape index (κ3) is 2.95. The zero-order valence-corrected chi connectivity index (χ0v) is 11.3. The average Bonchev–Trinajstić information content (AvgIpc) is 2.78. The highest BCUT2D eigenvalue weighted by Crippen LogP contribution is 2.24. The second-order valence-electron chi connectivity index (χ2n) is 5.21. The quantitative estimate of drug-likeness (QED) is 0.908. The van der Waals surface area contributed by atoms with E-state index in [4.69, 9.17) is 5.11 Å². The molecule has 0 saturated carbocycles. The van der Waals surface area contributed by atoms with Gasteiger partial charge in [0, 0.05) is 18.2 Å². The summed E-state index contributed by atoms with van der Waals surface area (Å²) in [5, 5.41) is 8.90. The number of aryl methyl sites for hydroxylation is 2. The Kier molecular flexibility index (Phi) is 3.88. The molecule has 0 aliphatic carbocycles. The number of rotatable bonds is 3. The highest BCUT2D eigenvalue weighted by atomic mass is 16.4. The average molecular weight is 261 g/mol. The lowest BCUT2D eigenvalue weighted by Gasteiger charge is -2.24. The molecule has 1 aliphatic rings. The Hall–Kier alpha value is -1.84. The van der Waals surface area contributed by atoms with Gasteiger partial charge in [-0.2, -0.15) is 0 Å². The van der Waals surface area contributed by atoms with E-state index in [1.54, 1.807) is 4.90 Å². The summed E-state index contributed by atoms with van der Waals surface area (Å²) >= 11 is 0. The van der Waals surface area contributed by atoms with E-state index in [-0.39, 0.29) is 18.4 Å². The molecule has 0 spiro atoms. The molecule has 1 aromatic rings. The van der Waals surface area contributed by atoms with Crippen LogP contribution in [0.4, 0.5) is 0 Å². The summed E-state index contributed by atoms with van der Waals surface area (Å²) in [6.07, 6.45) is 1.70. The molecule has 1 aliphatic heterocycles. The number of nitrogens with zero attached hydrogens (tertiary/aromatic N) is 1. The fourth-order valence-corrected chi connectivity index (χ4v) is 2.64. The zero-order chi connectivity index (χ0) is 14.0. The monoisotopic (exact) mass is 261 g/mol. The fourth-order valence-electron chi connectivity index (χ4n) is 2.64. The summed E-state index contributed by atoms with van der Waals surface area (Å²) in [6.45, 7) is 4.52. The van der Waals surface area contributed by atoms with Gasteiger partial charge in [0.1, 0.15) is 0 Å². The van der Waals surface area contributed by atoms with Crippen molar-refractivity contribution in [2.45, 2.75) is 39.2 Å². The van der Waals surface area contributed by atoms with E-state index < -0.39 is 5.97 Å². The van der Waals surface area contributed by atoms with E-state index in [0.29, 0.717) is 12.1 Å². The largest absolute Gasteiger partial charge is 0.481 e. The number of aliphatic carboxylic acids is 1. The van der Waals surface area contributed by atoms with Crippen molar-refractivity contribution < 1.29 is 14.7 Å². The van der Waals surface area contributed by atoms with Crippen molar-refractivity contribution >= 4 is 11.9 Å². The van der Waals surface area contributed by atoms with E-state index in [9.17, 15) is 9.59 Å². The maximum atomic E-state index is 12.5. The summed E-state index contributed by atoms with van der Waals surface area (Å²) in [5.74, 6) is -0.879. The predicted molar refractivity (Wildman–Crippen MR) is 72.2 cm³/mol. The molecule has 1 fully saturated rings. The Labute approximate surface area is 113 Å². The van der Waals surface area contributed by atoms with Gasteiger partial charge in [0.2, 0.25) is 0 Å². The zero-order valence-electron chi connectivity index (χ0n) is 11.3. The molecule has 1 saturated heterocycles. The maximum absolute atomic E-state index is 12.5. The van der Waals surface area contributed by atoms with Gasteiger partial charge in [-0.15, -0.1) is 0 Å². The Balaban J connectivity index is 2.23. The molecule has 102 valence electrons. The summed E-state index contributed by atoms with van der Waals surface area (Å²) in [4.78, 5) is 25.1. The van der Waals surface area contributed by atoms with Crippen molar-refractivity contribution in [1.29, 1.82) is 0 Å². The summed E-state index contributed by atoms with van der Waals surface area (Å²) < 4.78 is 0. The van der Waals surface area contributed by atoms with Crippen LogP contribution in [-0.4, -0.2) is 34.5 Å². The summed E-state index contributed by atoms with van der Waals surface area (Å²) in [7, 11) is 0. The van der Waals surface area contributed by atoms with Gasteiger partial charge >= 0.3 is 5.97 Å². The van der Waals surface area contributed by atoms with E-state index in [1.807, 2.05) is 32.0 Å². The molecular formula is C15H19NO3. The molecule has 0 bridgehead atoms. The first-order chi connectivity index (χ1) is 8.99. The van der Waals surface area contributed by atoms with E-state index in [2.05, 4.69) is 0 Å². The molecule has 1 aromatic carbocycles. The third-order valence-corrected chi connectivity index (χ3v) is 3.67. The number of hydrogen-bond acceptors (Lipinski definition) is 2. The summed E-state index contributed by atoms with van der Waals surface area (Å²) in [5.41, 5.74) is 2.68. The normalized spacial score (nSPS) is 18.6. The van der Waals surface area contributed by atoms with Crippen LogP contribution in [-0.2, 0) is 4.79 Å². The Morgan fingerprint density at radius 1 is 1.37 bits per heavy atom. The van der Waals surface area contributed by atoms with Crippen LogP contribution in [0.15, 0.2) is 18.2 Å². The van der Waals surface area contributed by atoms with Crippen LogP contribution in [0.3, 0.4) is 0 Å². The van der Waals surface area contributed by atoms with Crippen LogP contribution in [0.25, 0.3) is 0 Å². The van der Waals surface area contributed by atoms with E-state index in [0.717, 1.165) is 24.0 Å². The molecular weight excluding hydrogens is 242 g/mol. The van der Waals surface area contributed by atoms with Crippen molar-refractivity contribution in [1.82, 2.24) is 4.90 Å². The molecule has 1 unspecified atom stereocenters. The van der Waals surface area contributed by atoms with Crippen LogP contribution in [0.2, 0.25) is 0 Å². The number of benzene rings is 1. The third-order valence-electron chi connectivity index (χ3n) is 3.67. The van der Waals surface area contributed by atoms with Gasteiger partial charge in [0.05, 0.1) is 6.42 Å². The van der Waals surface area contributed by atoms with Gasteiger partial charge in [-0.05, 0) is 38.3 Å². The summed E-state index contributed by atoms with van der Waals surface area (Å²) in [6, 6.07) is 5.63. The van der Waals surface area contributed by atoms with Gasteiger partial charge in [0.15, 0.2) is 0 Å². The Morgan fingerprint density at radius 2 is 2.11 bits per heavy atom. The predicted octanol–water partition coefficient (Wildman–Crippen LogP) is 2.38. The smallest absolute Gasteiger partial charge is 0.305 e. The first-order valence-electron chi connectivity index (χ1n) is 6.59. The lowest BCUT2D eigenvalue weighted by Crippen LogP contribution is -2.37. The van der Waals surface area contributed by atoms with Gasteiger partial charge in [0.25, 0.3) is 5.91 Å². The minimum absolute atomic E-state index is 0.0371. The molecule has 2 rings (SSSR count). The molecule has 1 heterocycles. The lowest BCUT2D eigenvalue weighted by molar-refractivity contribution is -0.137. The number of carbonyl (C=O) groups is 2. The van der Waals surface area contributed by atoms with Crippen LogP contribution >= 0.6 is 0 Å². The van der Waals surface area contributed by atoms with E-state index in [1.165, 1.54) is 0 Å². The van der Waals surface area contributed by atoms with Crippen LogP contribution in [0.5, 0.6) is 0 Å². The molecule has 4 heteroatoms. The topological polar surface area (TPSA) is 57.6 Å². The van der Waals surface area contributed by atoms with Crippen molar-refractivity contribution in [3.05, 3.63) is 34.9 Å². The Morgan fingerprint density at radius 3 is 2.79 bits per heavy atom. The first kappa shape index (κ1) is 13.6. The van der Waals surface area contributed by atoms with Crippen LogP contribution in [0.1, 0.15) is 40.7 Å². The highest BCUT2D eigenvalue weighted by molar-refractivity contribution is 5.96. The van der Waals surface area contributed by atoms with Gasteiger partial charge in [-0.1, -0.05) is 17.7 Å². The molecule has 1 amide bonds. The molecule has 0 radical (unpaired) electrons. The van der Waals surface area contributed by atoms with Gasteiger partial charge in [-0.3, -0.25) is 9.59 Å². The number of amides is 1. The molecule has 1 N–H and O–H groups in total. The fraction of sp³-hybridized carbons (Fsp3) is 0.467.